The van der Waals surface area contributed by atoms with Crippen molar-refractivity contribution >= 4 is 38.5 Å². The molecule has 0 aliphatic carbocycles. The van der Waals surface area contributed by atoms with Crippen LogP contribution >= 0.6 is 27.5 Å². The molecule has 0 spiro atoms. The van der Waals surface area contributed by atoms with E-state index in [0.29, 0.717) is 11.1 Å². The Hall–Kier alpha value is -1.08. The molecular formula is C7H6BrN5S. The van der Waals surface area contributed by atoms with Crippen molar-refractivity contribution in [2.75, 3.05) is 5.32 Å². The number of halogens is 1. The van der Waals surface area contributed by atoms with Crippen LogP contribution in [-0.4, -0.2) is 19.3 Å². The quantitative estimate of drug-likeness (QED) is 0.907. The van der Waals surface area contributed by atoms with E-state index in [-0.39, 0.29) is 0 Å². The van der Waals surface area contributed by atoms with Gasteiger partial charge in [-0.15, -0.1) is 0 Å². The summed E-state index contributed by atoms with van der Waals surface area (Å²) < 4.78 is 4.88. The third kappa shape index (κ3) is 2.24. The molecule has 0 aliphatic heterocycles. The summed E-state index contributed by atoms with van der Waals surface area (Å²) in [5.41, 5.74) is 0. The molecule has 0 aliphatic rings. The van der Waals surface area contributed by atoms with E-state index in [2.05, 4.69) is 40.6 Å². The molecule has 14 heavy (non-hydrogen) atoms. The number of anilines is 2. The first-order chi connectivity index (χ1) is 6.74. The zero-order valence-electron chi connectivity index (χ0n) is 7.23. The molecule has 0 saturated heterocycles. The van der Waals surface area contributed by atoms with Crippen molar-refractivity contribution in [2.45, 2.75) is 6.92 Å². The van der Waals surface area contributed by atoms with E-state index in [0.717, 1.165) is 10.3 Å². The maximum absolute atomic E-state index is 4.13. The standard InChI is InChI=1S/C7H6BrN5S/c1-4-11-7(14-13-4)12-6-9-2-5(8)3-10-6/h2-3H,1H3,(H,9,10,11,12,13). The van der Waals surface area contributed by atoms with E-state index in [4.69, 9.17) is 0 Å². The van der Waals surface area contributed by atoms with Crippen molar-refractivity contribution in [1.82, 2.24) is 19.3 Å². The first-order valence-corrected chi connectivity index (χ1v) is 5.35. The zero-order valence-corrected chi connectivity index (χ0v) is 9.63. The average molecular weight is 272 g/mol. The SMILES string of the molecule is Cc1nsc(Nc2ncc(Br)cn2)n1. The Morgan fingerprint density at radius 3 is 2.64 bits per heavy atom. The van der Waals surface area contributed by atoms with Crippen LogP contribution in [0.1, 0.15) is 5.82 Å². The average Bonchev–Trinajstić information content (AvgIpc) is 2.56. The second-order valence-corrected chi connectivity index (χ2v) is 4.16. The van der Waals surface area contributed by atoms with Gasteiger partial charge in [0.25, 0.3) is 0 Å². The predicted molar refractivity (Wildman–Crippen MR) is 57.7 cm³/mol. The fraction of sp³-hybridized carbons (Fsp3) is 0.143. The highest BCUT2D eigenvalue weighted by molar-refractivity contribution is 9.10. The largest absolute Gasteiger partial charge is 0.299 e. The molecule has 0 bridgehead atoms. The predicted octanol–water partition coefficient (Wildman–Crippen LogP) is 2.14. The van der Waals surface area contributed by atoms with Gasteiger partial charge in [-0.25, -0.2) is 15.0 Å². The molecule has 7 heteroatoms. The Labute approximate surface area is 92.9 Å². The number of aryl methyl sites for hydroxylation is 1. The smallest absolute Gasteiger partial charge is 0.229 e. The summed E-state index contributed by atoms with van der Waals surface area (Å²) in [5, 5.41) is 3.65. The molecule has 2 aromatic heterocycles. The monoisotopic (exact) mass is 271 g/mol. The van der Waals surface area contributed by atoms with E-state index in [1.54, 1.807) is 12.4 Å². The molecular weight excluding hydrogens is 266 g/mol. The van der Waals surface area contributed by atoms with Crippen LogP contribution in [0.2, 0.25) is 0 Å². The summed E-state index contributed by atoms with van der Waals surface area (Å²) in [6.07, 6.45) is 3.34. The lowest BCUT2D eigenvalue weighted by Gasteiger charge is -1.98. The molecule has 1 N–H and O–H groups in total. The van der Waals surface area contributed by atoms with Gasteiger partial charge < -0.3 is 0 Å². The van der Waals surface area contributed by atoms with Crippen molar-refractivity contribution < 1.29 is 0 Å². The van der Waals surface area contributed by atoms with Crippen molar-refractivity contribution in [3.8, 4) is 0 Å². The van der Waals surface area contributed by atoms with E-state index in [1.165, 1.54) is 11.5 Å². The van der Waals surface area contributed by atoms with Gasteiger partial charge in [-0.05, 0) is 22.9 Å². The van der Waals surface area contributed by atoms with Crippen molar-refractivity contribution in [3.05, 3.63) is 22.7 Å². The van der Waals surface area contributed by atoms with Crippen molar-refractivity contribution in [2.24, 2.45) is 0 Å². The van der Waals surface area contributed by atoms with E-state index >= 15 is 0 Å². The normalized spacial score (nSPS) is 10.1. The minimum Gasteiger partial charge on any atom is -0.299 e. The Morgan fingerprint density at radius 1 is 1.36 bits per heavy atom. The third-order valence-corrected chi connectivity index (χ3v) is 2.50. The van der Waals surface area contributed by atoms with Gasteiger partial charge in [-0.3, -0.25) is 5.32 Å². The van der Waals surface area contributed by atoms with Gasteiger partial charge >= 0.3 is 0 Å². The molecule has 0 saturated carbocycles. The summed E-state index contributed by atoms with van der Waals surface area (Å²) in [6.45, 7) is 1.84. The molecule has 5 nitrogen and oxygen atoms in total. The first kappa shape index (κ1) is 9.47. The number of rotatable bonds is 2. The topological polar surface area (TPSA) is 63.6 Å². The lowest BCUT2D eigenvalue weighted by atomic mass is 10.7. The fourth-order valence-electron chi connectivity index (χ4n) is 0.820. The minimum atomic E-state index is 0.518. The van der Waals surface area contributed by atoms with Crippen LogP contribution in [0.25, 0.3) is 0 Å². The lowest BCUT2D eigenvalue weighted by Crippen LogP contribution is -1.95. The van der Waals surface area contributed by atoms with Crippen molar-refractivity contribution in [3.63, 3.8) is 0 Å². The van der Waals surface area contributed by atoms with E-state index in [9.17, 15) is 0 Å². The molecule has 0 fully saturated rings. The number of nitrogens with zero attached hydrogens (tertiary/aromatic N) is 4. The fourth-order valence-corrected chi connectivity index (χ4v) is 1.59. The van der Waals surface area contributed by atoms with Gasteiger partial charge in [0, 0.05) is 23.9 Å². The maximum atomic E-state index is 4.13. The van der Waals surface area contributed by atoms with Gasteiger partial charge in [-0.2, -0.15) is 4.37 Å². The van der Waals surface area contributed by atoms with Crippen LogP contribution < -0.4 is 5.32 Å². The van der Waals surface area contributed by atoms with Crippen molar-refractivity contribution in [1.29, 1.82) is 0 Å². The Kier molecular flexibility index (Phi) is 2.69. The molecule has 0 unspecified atom stereocenters. The highest BCUT2D eigenvalue weighted by Gasteiger charge is 2.01. The Morgan fingerprint density at radius 2 is 2.07 bits per heavy atom. The van der Waals surface area contributed by atoms with Crippen LogP contribution in [0, 0.1) is 6.92 Å². The van der Waals surface area contributed by atoms with Crippen LogP contribution in [-0.2, 0) is 0 Å². The van der Waals surface area contributed by atoms with Gasteiger partial charge in [0.15, 0.2) is 0 Å². The summed E-state index contributed by atoms with van der Waals surface area (Å²) in [4.78, 5) is 12.2. The number of hydrogen-bond acceptors (Lipinski definition) is 6. The number of aromatic nitrogens is 4. The van der Waals surface area contributed by atoms with E-state index < -0.39 is 0 Å². The highest BCUT2D eigenvalue weighted by atomic mass is 79.9. The molecule has 2 aromatic rings. The number of hydrogen-bond donors (Lipinski definition) is 1. The number of nitrogens with one attached hydrogen (secondary N) is 1. The van der Waals surface area contributed by atoms with Gasteiger partial charge in [0.05, 0.1) is 4.47 Å². The Bertz CT molecular complexity index is 426. The zero-order chi connectivity index (χ0) is 9.97. The maximum Gasteiger partial charge on any atom is 0.229 e. The Balaban J connectivity index is 2.15. The summed E-state index contributed by atoms with van der Waals surface area (Å²) >= 11 is 4.54. The van der Waals surface area contributed by atoms with Crippen LogP contribution in [0.4, 0.5) is 11.1 Å². The molecule has 0 atom stereocenters. The molecule has 2 heterocycles. The van der Waals surface area contributed by atoms with E-state index in [1.807, 2.05) is 6.92 Å². The minimum absolute atomic E-state index is 0.518. The van der Waals surface area contributed by atoms with Gasteiger partial charge in [-0.1, -0.05) is 0 Å². The summed E-state index contributed by atoms with van der Waals surface area (Å²) in [7, 11) is 0. The summed E-state index contributed by atoms with van der Waals surface area (Å²) in [5.74, 6) is 1.26. The lowest BCUT2D eigenvalue weighted by molar-refractivity contribution is 1.13. The second-order valence-electron chi connectivity index (χ2n) is 2.50. The molecule has 0 amide bonds. The van der Waals surface area contributed by atoms with Gasteiger partial charge in [0.2, 0.25) is 11.1 Å². The molecule has 0 aromatic carbocycles. The first-order valence-electron chi connectivity index (χ1n) is 3.79. The molecule has 2 rings (SSSR count). The molecule has 72 valence electrons. The van der Waals surface area contributed by atoms with Crippen LogP contribution in [0.15, 0.2) is 16.9 Å². The third-order valence-electron chi connectivity index (χ3n) is 1.37. The van der Waals surface area contributed by atoms with Gasteiger partial charge in [0.1, 0.15) is 5.82 Å². The second kappa shape index (κ2) is 3.97. The highest BCUT2D eigenvalue weighted by Crippen LogP contribution is 2.15. The van der Waals surface area contributed by atoms with Crippen LogP contribution in [0.3, 0.4) is 0 Å². The molecule has 0 radical (unpaired) electrons. The summed E-state index contributed by atoms with van der Waals surface area (Å²) in [6, 6.07) is 0. The van der Waals surface area contributed by atoms with Crippen LogP contribution in [0.5, 0.6) is 0 Å².